The number of aliphatic hydroxyl groups excluding tert-OH is 2. The van der Waals surface area contributed by atoms with Gasteiger partial charge in [-0.05, 0) is 83.0 Å². The molecule has 14 heteroatoms. The second kappa shape index (κ2) is 17.0. The number of esters is 2. The Morgan fingerprint density at radius 3 is 2.74 bits per heavy atom. The van der Waals surface area contributed by atoms with E-state index in [2.05, 4.69) is 35.6 Å². The summed E-state index contributed by atoms with van der Waals surface area (Å²) in [6.45, 7) is 7.27. The van der Waals surface area contributed by atoms with E-state index in [1.807, 2.05) is 28.5 Å². The van der Waals surface area contributed by atoms with Gasteiger partial charge in [0.1, 0.15) is 23.5 Å². The first kappa shape index (κ1) is 42.1. The van der Waals surface area contributed by atoms with Crippen LogP contribution in [0.25, 0.3) is 0 Å². The summed E-state index contributed by atoms with van der Waals surface area (Å²) in [7, 11) is 6.08. The van der Waals surface area contributed by atoms with E-state index in [-0.39, 0.29) is 90.9 Å². The van der Waals surface area contributed by atoms with Gasteiger partial charge >= 0.3 is 11.9 Å². The molecule has 8 aliphatic rings. The van der Waals surface area contributed by atoms with Crippen LogP contribution in [0.3, 0.4) is 0 Å². The Balaban J connectivity index is 1.15. The standard InChI is InChI=1S/C43H66N4O8S2/c1-5-23(2)40(51)55-42(3)10-8-25-22-56-57-35-7-6-32(45-4)31-20-47(39(31)35)37(50)15-29-19-46-36(44)16-30(29)38(25)43(42)18-28-14-26-13-27(12-24(21-49)9-11-48)41(52)53-33(26)17-34(28)54-43/h5,8,24,26-36,38-39,45-46,48-49H,6-7,9-22,44H2,1-4H3/p+2/t24-,26?,27?,28?,29?,30?,31+,32+,33?,34?,35+,36?,38+,39+,42+,43+/m1/s1. The van der Waals surface area contributed by atoms with Crippen molar-refractivity contribution in [3.8, 4) is 0 Å². The lowest BCUT2D eigenvalue weighted by Gasteiger charge is -2.58. The molecule has 2 saturated carbocycles. The monoisotopic (exact) mass is 832 g/mol. The minimum Gasteiger partial charge on any atom is -0.462 e. The zero-order valence-electron chi connectivity index (χ0n) is 34.4. The molecule has 0 radical (unpaired) electrons. The quantitative estimate of drug-likeness (QED) is 0.104. The minimum absolute atomic E-state index is 0.0229. The first-order valence-corrected chi connectivity index (χ1v) is 24.4. The molecule has 318 valence electrons. The molecule has 0 aromatic heterocycles. The summed E-state index contributed by atoms with van der Waals surface area (Å²) < 4.78 is 20.6. The van der Waals surface area contributed by atoms with Crippen molar-refractivity contribution in [1.82, 2.24) is 4.90 Å². The van der Waals surface area contributed by atoms with Gasteiger partial charge in [0.2, 0.25) is 5.91 Å². The first-order chi connectivity index (χ1) is 27.4. The number of nitrogens with zero attached hydrogens (tertiary/aromatic N) is 1. The molecule has 8 unspecified atom stereocenters. The molecule has 0 aromatic carbocycles. The van der Waals surface area contributed by atoms with Crippen LogP contribution < -0.4 is 16.4 Å². The van der Waals surface area contributed by atoms with Gasteiger partial charge in [-0.1, -0.05) is 39.3 Å². The van der Waals surface area contributed by atoms with Gasteiger partial charge in [-0.3, -0.25) is 15.3 Å². The lowest BCUT2D eigenvalue weighted by molar-refractivity contribution is -0.706. The summed E-state index contributed by atoms with van der Waals surface area (Å²) in [5, 5.41) is 24.5. The summed E-state index contributed by atoms with van der Waals surface area (Å²) in [6.07, 6.45) is 11.5. The van der Waals surface area contributed by atoms with Crippen molar-refractivity contribution in [2.45, 2.75) is 138 Å². The highest BCUT2D eigenvalue weighted by Crippen LogP contribution is 2.62. The van der Waals surface area contributed by atoms with Crippen LogP contribution in [0.5, 0.6) is 0 Å². The van der Waals surface area contributed by atoms with Crippen molar-refractivity contribution in [2.75, 3.05) is 39.1 Å². The fraction of sp³-hybridized carbons (Fsp3) is 0.837. The van der Waals surface area contributed by atoms with Crippen LogP contribution in [0.1, 0.15) is 91.4 Å². The Morgan fingerprint density at radius 1 is 1.16 bits per heavy atom. The topological polar surface area (TPSA) is 182 Å². The van der Waals surface area contributed by atoms with E-state index in [1.165, 1.54) is 12.0 Å². The number of carbonyl (C=O) groups excluding carboxylic acids is 3. The normalized spacial score (nSPS) is 45.0. The van der Waals surface area contributed by atoms with Gasteiger partial charge < -0.3 is 40.0 Å². The van der Waals surface area contributed by atoms with Crippen molar-refractivity contribution in [3.63, 3.8) is 0 Å². The van der Waals surface area contributed by atoms with Crippen LogP contribution in [0.15, 0.2) is 23.3 Å². The van der Waals surface area contributed by atoms with E-state index >= 15 is 0 Å². The number of carbonyl (C=O) groups is 3. The average molecular weight is 833 g/mol. The Morgan fingerprint density at radius 2 is 1.98 bits per heavy atom. The second-order valence-electron chi connectivity index (χ2n) is 19.2. The number of hydrogen-bond acceptors (Lipinski definition) is 11. The molecule has 0 aromatic rings. The summed E-state index contributed by atoms with van der Waals surface area (Å²) in [5.74, 6) is 1.00. The number of quaternary nitrogens is 2. The van der Waals surface area contributed by atoms with Crippen molar-refractivity contribution in [3.05, 3.63) is 23.3 Å². The van der Waals surface area contributed by atoms with E-state index in [9.17, 15) is 24.6 Å². The Labute approximate surface area is 346 Å². The number of ether oxygens (including phenoxy) is 3. The van der Waals surface area contributed by atoms with Crippen molar-refractivity contribution in [1.29, 1.82) is 0 Å². The van der Waals surface area contributed by atoms with Crippen molar-refractivity contribution in [2.24, 2.45) is 53.1 Å². The molecule has 0 bridgehead atoms. The summed E-state index contributed by atoms with van der Waals surface area (Å²) in [4.78, 5) is 44.0. The maximum absolute atomic E-state index is 14.5. The van der Waals surface area contributed by atoms with E-state index in [0.717, 1.165) is 38.1 Å². The molecular weight excluding hydrogens is 765 g/mol. The Bertz CT molecular complexity index is 1600. The van der Waals surface area contributed by atoms with E-state index < -0.39 is 11.2 Å². The average Bonchev–Trinajstić information content (AvgIpc) is 3.55. The van der Waals surface area contributed by atoms with Gasteiger partial charge in [-0.15, -0.1) is 0 Å². The number of piperidine rings is 1. The van der Waals surface area contributed by atoms with Crippen LogP contribution >= 0.6 is 21.6 Å². The Hall–Kier alpha value is -1.65. The Kier molecular flexibility index (Phi) is 12.6. The smallest absolute Gasteiger partial charge is 0.334 e. The molecule has 5 aliphatic heterocycles. The molecule has 1 spiro atoms. The third-order valence-electron chi connectivity index (χ3n) is 16.1. The zero-order valence-corrected chi connectivity index (χ0v) is 36.0. The number of nitrogens with two attached hydrogens (primary N) is 3. The molecular formula is C43H68N4O8S2+2. The van der Waals surface area contributed by atoms with Crippen LogP contribution in [0.2, 0.25) is 0 Å². The van der Waals surface area contributed by atoms with Gasteiger partial charge in [0.05, 0.1) is 43.6 Å². The molecule has 16 atom stereocenters. The molecule has 5 heterocycles. The molecule has 1 amide bonds. The predicted molar refractivity (Wildman–Crippen MR) is 218 cm³/mol. The first-order valence-electron chi connectivity index (χ1n) is 22.0. The fourth-order valence-electron chi connectivity index (χ4n) is 12.9. The summed E-state index contributed by atoms with van der Waals surface area (Å²) >= 11 is 0. The van der Waals surface area contributed by atoms with Crippen molar-refractivity contribution < 1.29 is 49.4 Å². The number of rotatable bonds is 8. The highest BCUT2D eigenvalue weighted by molar-refractivity contribution is 8.77. The second-order valence-corrected chi connectivity index (χ2v) is 21.8. The number of hydrogen-bond donors (Lipinski definition) is 5. The minimum atomic E-state index is -0.984. The maximum atomic E-state index is 14.5. The lowest BCUT2D eigenvalue weighted by Crippen LogP contribution is -2.96. The highest BCUT2D eigenvalue weighted by Gasteiger charge is 2.68. The van der Waals surface area contributed by atoms with E-state index in [0.29, 0.717) is 73.8 Å². The van der Waals surface area contributed by atoms with Crippen molar-refractivity contribution >= 4 is 39.4 Å². The van der Waals surface area contributed by atoms with Crippen LogP contribution in [-0.4, -0.2) is 119 Å². The fourth-order valence-corrected chi connectivity index (χ4v) is 16.0. The van der Waals surface area contributed by atoms with Gasteiger partial charge in [0.25, 0.3) is 0 Å². The largest absolute Gasteiger partial charge is 0.462 e. The summed E-state index contributed by atoms with van der Waals surface area (Å²) in [5.41, 5.74) is 6.89. The van der Waals surface area contributed by atoms with Crippen LogP contribution in [-0.2, 0) is 28.6 Å². The van der Waals surface area contributed by atoms with E-state index in [1.54, 1.807) is 13.0 Å². The van der Waals surface area contributed by atoms with Gasteiger partial charge in [-0.25, -0.2) is 4.79 Å². The number of fused-ring (bicyclic) bond motifs is 6. The maximum Gasteiger partial charge on any atom is 0.334 e. The third kappa shape index (κ3) is 7.67. The van der Waals surface area contributed by atoms with Gasteiger partial charge in [0.15, 0.2) is 0 Å². The molecule has 8 rings (SSSR count). The number of aliphatic hydroxyl groups is 2. The summed E-state index contributed by atoms with van der Waals surface area (Å²) in [6, 6.07) is 0.866. The molecule has 3 aliphatic carbocycles. The molecule has 12 nitrogen and oxygen atoms in total. The van der Waals surface area contributed by atoms with Crippen LogP contribution in [0.4, 0.5) is 0 Å². The zero-order chi connectivity index (χ0) is 40.2. The molecule has 7 fully saturated rings. The number of amides is 1. The van der Waals surface area contributed by atoms with Gasteiger partial charge in [-0.2, -0.15) is 0 Å². The predicted octanol–water partition coefficient (Wildman–Crippen LogP) is 1.89. The SMILES string of the molecule is CC=C(C)C(=O)O[C@@]1(C)CC=C2CSS[C@H]3CC[C@H]([NH2+]C)[C@@H]4CN(C(=O)CC5C[NH2+]C(N)CC5[C@H]2[C@@]12CC1CC5CC(C[C@H](CO)CCO)C(=O)OC5CC1O2)[C@@H]43. The molecule has 5 saturated heterocycles. The van der Waals surface area contributed by atoms with Gasteiger partial charge in [0, 0.05) is 80.3 Å². The van der Waals surface area contributed by atoms with E-state index in [4.69, 9.17) is 19.9 Å². The molecule has 8 N–H and O–H groups in total. The highest BCUT2D eigenvalue weighted by atomic mass is 33.1. The third-order valence-corrected chi connectivity index (χ3v) is 19.0. The molecule has 57 heavy (non-hydrogen) atoms. The van der Waals surface area contributed by atoms with Crippen LogP contribution in [0, 0.1) is 47.3 Å². The lowest BCUT2D eigenvalue weighted by atomic mass is 9.56. The number of allylic oxidation sites excluding steroid dienone is 1.